The van der Waals surface area contributed by atoms with Gasteiger partial charge in [-0.05, 0) is 12.5 Å². The maximum Gasteiger partial charge on any atom is 0.125 e. The second-order valence-electron chi connectivity index (χ2n) is 4.25. The van der Waals surface area contributed by atoms with Crippen LogP contribution in [-0.4, -0.2) is 36.3 Å². The highest BCUT2D eigenvalue weighted by Crippen LogP contribution is 2.24. The molecule has 16 heavy (non-hydrogen) atoms. The van der Waals surface area contributed by atoms with Crippen LogP contribution in [0.5, 0.6) is 5.75 Å². The zero-order chi connectivity index (χ0) is 11.5. The molecule has 1 aromatic rings. The molecule has 88 valence electrons. The third-order valence-corrected chi connectivity index (χ3v) is 2.95. The number of likely N-dealkylation sites (tertiary alicyclic amines) is 1. The van der Waals surface area contributed by atoms with Gasteiger partial charge in [0.1, 0.15) is 5.75 Å². The highest BCUT2D eigenvalue weighted by molar-refractivity contribution is 5.48. The van der Waals surface area contributed by atoms with Crippen molar-refractivity contribution in [3.63, 3.8) is 0 Å². The highest BCUT2D eigenvalue weighted by Gasteiger charge is 2.20. The van der Waals surface area contributed by atoms with Gasteiger partial charge in [-0.25, -0.2) is 0 Å². The average Bonchev–Trinajstić information content (AvgIpc) is 2.67. The highest BCUT2D eigenvalue weighted by atomic mass is 16.5. The molecular weight excluding hydrogens is 204 g/mol. The minimum Gasteiger partial charge on any atom is -0.496 e. The van der Waals surface area contributed by atoms with Crippen LogP contribution < -0.4 is 10.5 Å². The monoisotopic (exact) mass is 222 g/mol. The fourth-order valence-electron chi connectivity index (χ4n) is 2.09. The van der Waals surface area contributed by atoms with Gasteiger partial charge in [0, 0.05) is 37.0 Å². The van der Waals surface area contributed by atoms with E-state index < -0.39 is 0 Å². The summed E-state index contributed by atoms with van der Waals surface area (Å²) >= 11 is 0. The molecule has 1 unspecified atom stereocenters. The molecule has 0 radical (unpaired) electrons. The normalized spacial score (nSPS) is 21.2. The SMILES string of the molecule is COc1cc(N)ccc1CN1CCC(O)C1. The molecule has 0 spiro atoms. The van der Waals surface area contributed by atoms with Gasteiger partial charge in [0.25, 0.3) is 0 Å². The number of β-amino-alcohol motifs (C(OH)–C–C–N with tert-alkyl or cyclic N) is 1. The number of aliphatic hydroxyl groups is 1. The predicted octanol–water partition coefficient (Wildman–Crippen LogP) is 0.844. The fraction of sp³-hybridized carbons (Fsp3) is 0.500. The second kappa shape index (κ2) is 4.72. The number of nitrogens with two attached hydrogens (primary N) is 1. The molecule has 0 bridgehead atoms. The molecular formula is C12H18N2O2. The first-order valence-corrected chi connectivity index (χ1v) is 5.52. The van der Waals surface area contributed by atoms with Crippen molar-refractivity contribution in [3.05, 3.63) is 23.8 Å². The molecule has 0 saturated carbocycles. The van der Waals surface area contributed by atoms with Crippen LogP contribution in [0.25, 0.3) is 0 Å². The lowest BCUT2D eigenvalue weighted by atomic mass is 10.1. The number of nitrogen functional groups attached to an aromatic ring is 1. The van der Waals surface area contributed by atoms with Crippen LogP contribution >= 0.6 is 0 Å². The van der Waals surface area contributed by atoms with E-state index in [0.29, 0.717) is 5.69 Å². The first kappa shape index (κ1) is 11.2. The van der Waals surface area contributed by atoms with Crippen molar-refractivity contribution < 1.29 is 9.84 Å². The number of anilines is 1. The van der Waals surface area contributed by atoms with E-state index in [0.717, 1.165) is 37.4 Å². The molecule has 1 aromatic carbocycles. The van der Waals surface area contributed by atoms with Gasteiger partial charge in [-0.15, -0.1) is 0 Å². The van der Waals surface area contributed by atoms with Crippen LogP contribution in [-0.2, 0) is 6.54 Å². The summed E-state index contributed by atoms with van der Waals surface area (Å²) in [6.07, 6.45) is 0.678. The molecule has 0 amide bonds. The Morgan fingerprint density at radius 3 is 3.00 bits per heavy atom. The Kier molecular flexibility index (Phi) is 3.31. The van der Waals surface area contributed by atoms with Gasteiger partial charge in [-0.3, -0.25) is 4.90 Å². The standard InChI is InChI=1S/C12H18N2O2/c1-16-12-6-10(13)3-2-9(12)7-14-5-4-11(15)8-14/h2-3,6,11,15H,4-5,7-8,13H2,1H3. The van der Waals surface area contributed by atoms with Crippen molar-refractivity contribution in [3.8, 4) is 5.75 Å². The molecule has 0 aliphatic carbocycles. The Balaban J connectivity index is 2.08. The number of ether oxygens (including phenoxy) is 1. The van der Waals surface area contributed by atoms with Crippen LogP contribution in [0.1, 0.15) is 12.0 Å². The second-order valence-corrected chi connectivity index (χ2v) is 4.25. The van der Waals surface area contributed by atoms with Gasteiger partial charge in [0.15, 0.2) is 0 Å². The predicted molar refractivity (Wildman–Crippen MR) is 63.3 cm³/mol. The third-order valence-electron chi connectivity index (χ3n) is 2.95. The zero-order valence-electron chi connectivity index (χ0n) is 9.52. The van der Waals surface area contributed by atoms with Gasteiger partial charge in [-0.2, -0.15) is 0 Å². The maximum absolute atomic E-state index is 9.46. The van der Waals surface area contributed by atoms with E-state index in [1.54, 1.807) is 7.11 Å². The van der Waals surface area contributed by atoms with Gasteiger partial charge in [-0.1, -0.05) is 6.07 Å². The average molecular weight is 222 g/mol. The smallest absolute Gasteiger partial charge is 0.125 e. The number of hydrogen-bond acceptors (Lipinski definition) is 4. The van der Waals surface area contributed by atoms with Crippen LogP contribution in [0.15, 0.2) is 18.2 Å². The zero-order valence-corrected chi connectivity index (χ0v) is 9.52. The summed E-state index contributed by atoms with van der Waals surface area (Å²) < 4.78 is 5.29. The molecule has 4 heteroatoms. The Bertz CT molecular complexity index is 368. The molecule has 3 N–H and O–H groups in total. The summed E-state index contributed by atoms with van der Waals surface area (Å²) in [4.78, 5) is 2.22. The van der Waals surface area contributed by atoms with Crippen molar-refractivity contribution in [2.45, 2.75) is 19.1 Å². The van der Waals surface area contributed by atoms with Crippen LogP contribution in [0.4, 0.5) is 5.69 Å². The summed E-state index contributed by atoms with van der Waals surface area (Å²) in [6, 6.07) is 5.70. The first-order chi connectivity index (χ1) is 7.69. The molecule has 1 aliphatic rings. The summed E-state index contributed by atoms with van der Waals surface area (Å²) in [5.74, 6) is 0.821. The number of hydrogen-bond donors (Lipinski definition) is 2. The Morgan fingerprint density at radius 2 is 2.38 bits per heavy atom. The van der Waals surface area contributed by atoms with Crippen molar-refractivity contribution in [1.82, 2.24) is 4.90 Å². The fourth-order valence-corrected chi connectivity index (χ4v) is 2.09. The third kappa shape index (κ3) is 2.46. The quantitative estimate of drug-likeness (QED) is 0.744. The van der Waals surface area contributed by atoms with Crippen molar-refractivity contribution in [1.29, 1.82) is 0 Å². The van der Waals surface area contributed by atoms with Gasteiger partial charge in [0.2, 0.25) is 0 Å². The van der Waals surface area contributed by atoms with Crippen molar-refractivity contribution in [2.24, 2.45) is 0 Å². The Labute approximate surface area is 95.6 Å². The van der Waals surface area contributed by atoms with Gasteiger partial charge < -0.3 is 15.6 Å². The molecule has 2 rings (SSSR count). The summed E-state index contributed by atoms with van der Waals surface area (Å²) in [6.45, 7) is 2.49. The number of benzene rings is 1. The Hall–Kier alpha value is -1.26. The van der Waals surface area contributed by atoms with E-state index in [1.807, 2.05) is 18.2 Å². The molecule has 1 atom stereocenters. The minimum absolute atomic E-state index is 0.181. The lowest BCUT2D eigenvalue weighted by molar-refractivity contribution is 0.174. The van der Waals surface area contributed by atoms with E-state index in [4.69, 9.17) is 10.5 Å². The van der Waals surface area contributed by atoms with E-state index >= 15 is 0 Å². The largest absolute Gasteiger partial charge is 0.496 e. The Morgan fingerprint density at radius 1 is 1.56 bits per heavy atom. The molecule has 4 nitrogen and oxygen atoms in total. The molecule has 1 saturated heterocycles. The maximum atomic E-state index is 9.46. The van der Waals surface area contributed by atoms with E-state index in [2.05, 4.69) is 4.90 Å². The van der Waals surface area contributed by atoms with Crippen LogP contribution in [0.2, 0.25) is 0 Å². The molecule has 1 aliphatic heterocycles. The van der Waals surface area contributed by atoms with Crippen molar-refractivity contribution in [2.75, 3.05) is 25.9 Å². The van der Waals surface area contributed by atoms with Crippen LogP contribution in [0.3, 0.4) is 0 Å². The topological polar surface area (TPSA) is 58.7 Å². The van der Waals surface area contributed by atoms with Crippen LogP contribution in [0, 0.1) is 0 Å². The minimum atomic E-state index is -0.181. The van der Waals surface area contributed by atoms with Crippen molar-refractivity contribution >= 4 is 5.69 Å². The first-order valence-electron chi connectivity index (χ1n) is 5.52. The number of nitrogens with zero attached hydrogens (tertiary/aromatic N) is 1. The van der Waals surface area contributed by atoms with Gasteiger partial charge >= 0.3 is 0 Å². The van der Waals surface area contributed by atoms with E-state index in [-0.39, 0.29) is 6.10 Å². The summed E-state index contributed by atoms with van der Waals surface area (Å²) in [5.41, 5.74) is 7.53. The summed E-state index contributed by atoms with van der Waals surface area (Å²) in [7, 11) is 1.65. The lowest BCUT2D eigenvalue weighted by Gasteiger charge is -2.17. The van der Waals surface area contributed by atoms with E-state index in [9.17, 15) is 5.11 Å². The molecule has 1 heterocycles. The molecule has 0 aromatic heterocycles. The summed E-state index contributed by atoms with van der Waals surface area (Å²) in [5, 5.41) is 9.46. The van der Waals surface area contributed by atoms with E-state index in [1.165, 1.54) is 0 Å². The number of aliphatic hydroxyl groups excluding tert-OH is 1. The number of methoxy groups -OCH3 is 1. The van der Waals surface area contributed by atoms with Gasteiger partial charge in [0.05, 0.1) is 13.2 Å². The molecule has 1 fully saturated rings. The number of rotatable bonds is 3. The lowest BCUT2D eigenvalue weighted by Crippen LogP contribution is -2.21.